The molecule has 0 bridgehead atoms. The van der Waals surface area contributed by atoms with Crippen molar-refractivity contribution in [2.75, 3.05) is 0 Å². The molecule has 160 valence electrons. The molecule has 1 heterocycles. The van der Waals surface area contributed by atoms with Gasteiger partial charge in [0, 0.05) is 23.8 Å². The van der Waals surface area contributed by atoms with Crippen LogP contribution in [0.15, 0.2) is 11.6 Å². The summed E-state index contributed by atoms with van der Waals surface area (Å²) in [5, 5.41) is 0. The van der Waals surface area contributed by atoms with Crippen LogP contribution in [-0.2, 0) is 28.9 Å². The summed E-state index contributed by atoms with van der Waals surface area (Å²) in [6.45, 7) is 4.32. The topological polar surface area (TPSA) is 107 Å². The second-order valence-corrected chi connectivity index (χ2v) is 11.3. The molecular formula is C21H28O7S. The van der Waals surface area contributed by atoms with Gasteiger partial charge < -0.3 is 4.74 Å². The first-order valence-corrected chi connectivity index (χ1v) is 12.0. The van der Waals surface area contributed by atoms with Gasteiger partial charge in [0.2, 0.25) is 0 Å². The lowest BCUT2D eigenvalue weighted by Crippen LogP contribution is -2.57. The van der Waals surface area contributed by atoms with Gasteiger partial charge in [-0.15, -0.1) is 0 Å². The molecule has 29 heavy (non-hydrogen) atoms. The molecule has 5 rings (SSSR count). The fourth-order valence-electron chi connectivity index (χ4n) is 7.81. The van der Waals surface area contributed by atoms with Crippen molar-refractivity contribution in [3.63, 3.8) is 0 Å². The molecule has 4 aliphatic carbocycles. The van der Waals surface area contributed by atoms with Crippen LogP contribution in [0.25, 0.3) is 0 Å². The van der Waals surface area contributed by atoms with Crippen molar-refractivity contribution in [3.8, 4) is 0 Å². The first-order valence-electron chi connectivity index (χ1n) is 10.6. The molecule has 0 spiro atoms. The van der Waals surface area contributed by atoms with Gasteiger partial charge >= 0.3 is 16.4 Å². The number of carbonyl (C=O) groups excluding carboxylic acids is 2. The number of ether oxygens (including phenoxy) is 1. The minimum absolute atomic E-state index is 0.0406. The Labute approximate surface area is 171 Å². The zero-order chi connectivity index (χ0) is 20.8. The second-order valence-electron chi connectivity index (χ2n) is 10.3. The Bertz CT molecular complexity index is 908. The zero-order valence-corrected chi connectivity index (χ0v) is 17.6. The predicted octanol–water partition coefficient (Wildman–Crippen LogP) is 2.86. The Kier molecular flexibility index (Phi) is 4.17. The molecule has 0 unspecified atom stereocenters. The average molecular weight is 425 g/mol. The summed E-state index contributed by atoms with van der Waals surface area (Å²) in [5.74, 6) is 0.755. The molecule has 7 nitrogen and oxygen atoms in total. The molecule has 8 atom stereocenters. The summed E-state index contributed by atoms with van der Waals surface area (Å²) in [6, 6.07) is 0. The largest absolute Gasteiger partial charge is 0.455 e. The minimum Gasteiger partial charge on any atom is -0.455 e. The Morgan fingerprint density at radius 2 is 1.93 bits per heavy atom. The third kappa shape index (κ3) is 2.86. The van der Waals surface area contributed by atoms with Gasteiger partial charge in [0.1, 0.15) is 11.9 Å². The lowest BCUT2D eigenvalue weighted by atomic mass is 9.44. The second kappa shape index (κ2) is 6.14. The van der Waals surface area contributed by atoms with Crippen molar-refractivity contribution >= 4 is 22.2 Å². The SMILES string of the molecule is C[C@]12CC[C@H](OS(=O)(=O)O)C[C@@H]1CC[C@@H]1[C@@H]2C(=O)C[C@]2(C)C3=CC(=O)O[C@@H]3C[C@@H]12. The van der Waals surface area contributed by atoms with Gasteiger partial charge in [-0.05, 0) is 67.3 Å². The van der Waals surface area contributed by atoms with Crippen molar-refractivity contribution in [2.24, 2.45) is 34.5 Å². The summed E-state index contributed by atoms with van der Waals surface area (Å²) in [5.41, 5.74) is 0.545. The van der Waals surface area contributed by atoms with Crippen LogP contribution in [0.3, 0.4) is 0 Å². The van der Waals surface area contributed by atoms with E-state index in [0.29, 0.717) is 25.2 Å². The van der Waals surface area contributed by atoms with E-state index in [-0.39, 0.29) is 46.4 Å². The highest BCUT2D eigenvalue weighted by atomic mass is 32.3. The Morgan fingerprint density at radius 3 is 2.66 bits per heavy atom. The maximum Gasteiger partial charge on any atom is 0.397 e. The van der Waals surface area contributed by atoms with Gasteiger partial charge in [0.25, 0.3) is 0 Å². The number of rotatable bonds is 2. The van der Waals surface area contributed by atoms with E-state index in [0.717, 1.165) is 31.3 Å². The van der Waals surface area contributed by atoms with Gasteiger partial charge in [0.05, 0.1) is 6.10 Å². The number of esters is 1. The quantitative estimate of drug-likeness (QED) is 0.536. The highest BCUT2D eigenvalue weighted by Crippen LogP contribution is 2.67. The van der Waals surface area contributed by atoms with E-state index >= 15 is 0 Å². The van der Waals surface area contributed by atoms with Gasteiger partial charge in [-0.25, -0.2) is 8.98 Å². The molecule has 0 saturated heterocycles. The molecule has 0 amide bonds. The van der Waals surface area contributed by atoms with E-state index in [1.807, 2.05) is 0 Å². The molecule has 0 aromatic carbocycles. The Morgan fingerprint density at radius 1 is 1.17 bits per heavy atom. The van der Waals surface area contributed by atoms with Crippen LogP contribution in [0.1, 0.15) is 58.8 Å². The number of carbonyl (C=O) groups is 2. The predicted molar refractivity (Wildman–Crippen MR) is 102 cm³/mol. The molecule has 0 radical (unpaired) electrons. The maximum absolute atomic E-state index is 13.5. The van der Waals surface area contributed by atoms with Gasteiger partial charge in [-0.2, -0.15) is 8.42 Å². The highest BCUT2D eigenvalue weighted by Gasteiger charge is 2.65. The molecule has 1 N–H and O–H groups in total. The van der Waals surface area contributed by atoms with Crippen molar-refractivity contribution in [3.05, 3.63) is 11.6 Å². The van der Waals surface area contributed by atoms with Gasteiger partial charge in [-0.1, -0.05) is 13.8 Å². The van der Waals surface area contributed by atoms with Crippen molar-refractivity contribution in [1.29, 1.82) is 0 Å². The van der Waals surface area contributed by atoms with Crippen LogP contribution in [0.2, 0.25) is 0 Å². The minimum atomic E-state index is -4.46. The van der Waals surface area contributed by atoms with Crippen LogP contribution >= 0.6 is 0 Å². The van der Waals surface area contributed by atoms with Crippen molar-refractivity contribution in [2.45, 2.75) is 71.0 Å². The van der Waals surface area contributed by atoms with E-state index in [2.05, 4.69) is 13.8 Å². The van der Waals surface area contributed by atoms with Crippen LogP contribution in [-0.4, -0.2) is 36.9 Å². The van der Waals surface area contributed by atoms with E-state index in [4.69, 9.17) is 13.5 Å². The Balaban J connectivity index is 1.43. The summed E-state index contributed by atoms with van der Waals surface area (Å²) in [7, 11) is -4.46. The van der Waals surface area contributed by atoms with Crippen LogP contribution in [0.5, 0.6) is 0 Å². The maximum atomic E-state index is 13.5. The molecular weight excluding hydrogens is 396 g/mol. The first kappa shape index (κ1) is 19.7. The van der Waals surface area contributed by atoms with Crippen LogP contribution in [0, 0.1) is 34.5 Å². The normalized spacial score (nSPS) is 48.9. The van der Waals surface area contributed by atoms with E-state index in [9.17, 15) is 18.0 Å². The molecule has 4 fully saturated rings. The van der Waals surface area contributed by atoms with Crippen molar-refractivity contribution < 1.29 is 31.5 Å². The molecule has 5 aliphatic rings. The number of hydrogen-bond acceptors (Lipinski definition) is 6. The Hall–Kier alpha value is -1.25. The van der Waals surface area contributed by atoms with Gasteiger partial charge in [-0.3, -0.25) is 9.35 Å². The third-order valence-corrected chi connectivity index (χ3v) is 9.47. The molecule has 0 aromatic heterocycles. The molecule has 1 aliphatic heterocycles. The monoisotopic (exact) mass is 424 g/mol. The number of ketones is 1. The third-order valence-electron chi connectivity index (χ3n) is 8.96. The summed E-state index contributed by atoms with van der Waals surface area (Å²) >= 11 is 0. The summed E-state index contributed by atoms with van der Waals surface area (Å²) in [4.78, 5) is 25.2. The fraction of sp³-hybridized carbons (Fsp3) is 0.810. The van der Waals surface area contributed by atoms with E-state index in [1.165, 1.54) is 0 Å². The first-order chi connectivity index (χ1) is 13.5. The highest BCUT2D eigenvalue weighted by molar-refractivity contribution is 7.80. The standard InChI is InChI=1S/C21H28O7S/c1-20-6-5-12(28-29(24,25)26)7-11(20)3-4-13-14-8-17-15(9-18(23)27-17)21(14,2)10-16(22)19(13)20/h9,11-14,17,19H,3-8,10H2,1-2H3,(H,24,25,26)/t11-,12-,13-,14-,17+,19+,20-,21-/m0/s1. The lowest BCUT2D eigenvalue weighted by Gasteiger charge is -2.59. The van der Waals surface area contributed by atoms with E-state index < -0.39 is 16.5 Å². The summed E-state index contributed by atoms with van der Waals surface area (Å²) < 4.78 is 41.7. The molecule has 4 saturated carbocycles. The molecule has 0 aromatic rings. The lowest BCUT2D eigenvalue weighted by molar-refractivity contribution is -0.157. The van der Waals surface area contributed by atoms with Gasteiger partial charge in [0.15, 0.2) is 0 Å². The zero-order valence-electron chi connectivity index (χ0n) is 16.8. The van der Waals surface area contributed by atoms with Crippen molar-refractivity contribution in [1.82, 2.24) is 0 Å². The molecule has 8 heteroatoms. The number of fused-ring (bicyclic) bond motifs is 7. The van der Waals surface area contributed by atoms with Crippen LogP contribution < -0.4 is 0 Å². The smallest absolute Gasteiger partial charge is 0.397 e. The van der Waals surface area contributed by atoms with Crippen LogP contribution in [0.4, 0.5) is 0 Å². The summed E-state index contributed by atoms with van der Waals surface area (Å²) in [6.07, 6.45) is 5.82. The number of hydrogen-bond donors (Lipinski definition) is 1. The average Bonchev–Trinajstić information content (AvgIpc) is 3.09. The fourth-order valence-corrected chi connectivity index (χ4v) is 8.33. The number of Topliss-reactive ketones (excluding diaryl/α,β-unsaturated/α-hetero) is 1. The van der Waals surface area contributed by atoms with E-state index in [1.54, 1.807) is 6.08 Å².